The normalized spacial score (nSPS) is 38.9. The van der Waals surface area contributed by atoms with Crippen molar-refractivity contribution >= 4 is 12.0 Å². The van der Waals surface area contributed by atoms with Crippen LogP contribution in [0, 0.1) is 17.3 Å². The first-order valence-corrected chi connectivity index (χ1v) is 12.0. The molecule has 6 rings (SSSR count). The number of nitrogens with zero attached hydrogens (tertiary/aromatic N) is 2. The molecule has 6 atom stereocenters. The predicted octanol–water partition coefficient (Wildman–Crippen LogP) is 2.69. The van der Waals surface area contributed by atoms with E-state index in [0.29, 0.717) is 44.8 Å². The first-order valence-electron chi connectivity index (χ1n) is 12.0. The van der Waals surface area contributed by atoms with Crippen LogP contribution in [0.3, 0.4) is 0 Å². The van der Waals surface area contributed by atoms with E-state index in [1.54, 1.807) is 0 Å². The average Bonchev–Trinajstić information content (AvgIpc) is 3.60. The number of likely N-dealkylation sites (tertiary alicyclic amines) is 2. The number of amides is 2. The highest BCUT2D eigenvalue weighted by Crippen LogP contribution is 2.57. The highest BCUT2D eigenvalue weighted by atomic mass is 16.5. The van der Waals surface area contributed by atoms with Gasteiger partial charge in [0.2, 0.25) is 5.91 Å². The quantitative estimate of drug-likeness (QED) is 0.703. The van der Waals surface area contributed by atoms with Gasteiger partial charge in [0.25, 0.3) is 0 Å². The van der Waals surface area contributed by atoms with Crippen LogP contribution in [0.15, 0.2) is 48.0 Å². The smallest absolute Gasteiger partial charge is 0.407 e. The first-order chi connectivity index (χ1) is 16.1. The van der Waals surface area contributed by atoms with Crippen LogP contribution in [-0.4, -0.2) is 78.0 Å². The fraction of sp³-hybridized carbons (Fsp3) is 0.600. The molecule has 33 heavy (non-hydrogen) atoms. The van der Waals surface area contributed by atoms with Crippen LogP contribution >= 0.6 is 0 Å². The zero-order chi connectivity index (χ0) is 22.6. The number of hydrogen-bond acceptors (Lipinski definition) is 5. The minimum Gasteiger partial charge on any atom is -0.496 e. The molecule has 176 valence electrons. The molecule has 0 saturated carbocycles. The van der Waals surface area contributed by atoms with Crippen LogP contribution in [0.4, 0.5) is 4.79 Å². The van der Waals surface area contributed by atoms with Gasteiger partial charge in [0.15, 0.2) is 0 Å². The van der Waals surface area contributed by atoms with Gasteiger partial charge in [-0.15, -0.1) is 0 Å². The van der Waals surface area contributed by atoms with Crippen LogP contribution in [0.1, 0.15) is 25.7 Å². The Labute approximate surface area is 193 Å². The molecule has 2 amide bonds. The molecule has 4 aliphatic heterocycles. The molecule has 4 heterocycles. The van der Waals surface area contributed by atoms with Gasteiger partial charge in [-0.05, 0) is 25.3 Å². The van der Waals surface area contributed by atoms with E-state index in [1.807, 2.05) is 23.1 Å². The highest BCUT2D eigenvalue weighted by molar-refractivity contribution is 5.89. The van der Waals surface area contributed by atoms with Gasteiger partial charge in [-0.25, -0.2) is 4.79 Å². The topological polar surface area (TPSA) is 88.5 Å². The molecule has 6 aliphatic rings. The Balaban J connectivity index is 1.21. The van der Waals surface area contributed by atoms with E-state index >= 15 is 0 Å². The molecule has 4 fully saturated rings. The Morgan fingerprint density at radius 1 is 1.27 bits per heavy atom. The number of carbonyl (C=O) groups is 2. The van der Waals surface area contributed by atoms with Gasteiger partial charge in [-0.1, -0.05) is 24.3 Å². The van der Waals surface area contributed by atoms with Crippen molar-refractivity contribution in [1.82, 2.24) is 9.80 Å². The number of fused-ring (bicyclic) bond motifs is 4. The lowest BCUT2D eigenvalue weighted by Gasteiger charge is -2.32. The van der Waals surface area contributed by atoms with E-state index < -0.39 is 11.5 Å². The average molecular weight is 455 g/mol. The maximum Gasteiger partial charge on any atom is 0.407 e. The number of allylic oxidation sites excluding steroid dienone is 5. The van der Waals surface area contributed by atoms with Crippen molar-refractivity contribution in [3.63, 3.8) is 0 Å². The number of hydrogen-bond donors (Lipinski definition) is 1. The summed E-state index contributed by atoms with van der Waals surface area (Å²) in [6, 6.07) is 0.0387. The summed E-state index contributed by atoms with van der Waals surface area (Å²) in [4.78, 5) is 28.6. The summed E-state index contributed by atoms with van der Waals surface area (Å²) >= 11 is 0. The Hall–Kier alpha value is -2.74. The Kier molecular flexibility index (Phi) is 5.01. The zero-order valence-electron chi connectivity index (χ0n) is 18.6. The second-order valence-electron chi connectivity index (χ2n) is 9.91. The van der Waals surface area contributed by atoms with Crippen molar-refractivity contribution in [2.75, 3.05) is 32.8 Å². The summed E-state index contributed by atoms with van der Waals surface area (Å²) in [6.45, 7) is 2.66. The van der Waals surface area contributed by atoms with E-state index in [9.17, 15) is 14.7 Å². The van der Waals surface area contributed by atoms with Crippen LogP contribution in [0.5, 0.6) is 0 Å². The summed E-state index contributed by atoms with van der Waals surface area (Å²) in [5.74, 6) is 1.75. The van der Waals surface area contributed by atoms with E-state index in [-0.39, 0.29) is 36.0 Å². The van der Waals surface area contributed by atoms with Crippen molar-refractivity contribution in [3.05, 3.63) is 48.0 Å². The van der Waals surface area contributed by atoms with Gasteiger partial charge < -0.3 is 29.1 Å². The molecular weight excluding hydrogens is 424 g/mol. The molecule has 8 heteroatoms. The molecule has 4 saturated heterocycles. The molecular formula is C25H30N2O6. The van der Waals surface area contributed by atoms with Crippen molar-refractivity contribution in [2.45, 2.75) is 43.9 Å². The van der Waals surface area contributed by atoms with Crippen LogP contribution in [-0.2, 0) is 19.0 Å². The van der Waals surface area contributed by atoms with Gasteiger partial charge in [0.1, 0.15) is 29.6 Å². The third-order valence-corrected chi connectivity index (χ3v) is 8.14. The Morgan fingerprint density at radius 2 is 2.15 bits per heavy atom. The Morgan fingerprint density at radius 3 is 2.94 bits per heavy atom. The summed E-state index contributed by atoms with van der Waals surface area (Å²) in [7, 11) is 0. The molecule has 0 aromatic heterocycles. The second-order valence-corrected chi connectivity index (χ2v) is 9.91. The SMILES string of the molecule is O=C(O)N1CC[C@@H](OC2=CCC3C(=C2)OCC32C(=O)N(C[C@H]3CCCO3)C3C=CC=CC32)C1. The van der Waals surface area contributed by atoms with Crippen LogP contribution < -0.4 is 0 Å². The fourth-order valence-corrected chi connectivity index (χ4v) is 6.50. The zero-order valence-corrected chi connectivity index (χ0v) is 18.6. The number of carboxylic acid groups (broad SMARTS) is 1. The lowest BCUT2D eigenvalue weighted by Crippen LogP contribution is -2.44. The fourth-order valence-electron chi connectivity index (χ4n) is 6.50. The van der Waals surface area contributed by atoms with E-state index in [4.69, 9.17) is 14.2 Å². The summed E-state index contributed by atoms with van der Waals surface area (Å²) in [5.41, 5.74) is -0.605. The standard InChI is InChI=1S/C25H30N2O6/c28-23-25(19-5-1-2-6-21(19)27(23)14-17-4-3-11-31-17)15-32-22-12-16(7-8-20(22)25)33-18-9-10-26(13-18)24(29)30/h1-2,5-7,12,17-21H,3-4,8-11,13-15H2,(H,29,30)/t17-,18-,19?,20?,21?,25?/m1/s1. The Bertz CT molecular complexity index is 964. The van der Waals surface area contributed by atoms with E-state index in [1.165, 1.54) is 4.90 Å². The van der Waals surface area contributed by atoms with Crippen molar-refractivity contribution in [2.24, 2.45) is 17.3 Å². The molecule has 0 radical (unpaired) electrons. The van der Waals surface area contributed by atoms with Gasteiger partial charge in [0, 0.05) is 44.0 Å². The van der Waals surface area contributed by atoms with Crippen molar-refractivity contribution in [1.29, 1.82) is 0 Å². The van der Waals surface area contributed by atoms with E-state index in [0.717, 1.165) is 25.2 Å². The summed E-state index contributed by atoms with van der Waals surface area (Å²) in [6.07, 6.45) is 14.8. The maximum absolute atomic E-state index is 14.0. The first kappa shape index (κ1) is 20.8. The van der Waals surface area contributed by atoms with Crippen molar-refractivity contribution in [3.8, 4) is 0 Å². The monoisotopic (exact) mass is 454 g/mol. The molecule has 1 spiro atoms. The van der Waals surface area contributed by atoms with Gasteiger partial charge in [-0.3, -0.25) is 4.79 Å². The van der Waals surface area contributed by atoms with Crippen LogP contribution in [0.25, 0.3) is 0 Å². The number of ether oxygens (including phenoxy) is 3. The summed E-state index contributed by atoms with van der Waals surface area (Å²) in [5, 5.41) is 9.18. The summed E-state index contributed by atoms with van der Waals surface area (Å²) < 4.78 is 18.1. The van der Waals surface area contributed by atoms with Crippen LogP contribution in [0.2, 0.25) is 0 Å². The third kappa shape index (κ3) is 3.29. The highest BCUT2D eigenvalue weighted by Gasteiger charge is 2.66. The molecule has 0 aromatic rings. The third-order valence-electron chi connectivity index (χ3n) is 8.14. The molecule has 0 aromatic carbocycles. The largest absolute Gasteiger partial charge is 0.496 e. The lowest BCUT2D eigenvalue weighted by atomic mass is 9.65. The predicted molar refractivity (Wildman–Crippen MR) is 118 cm³/mol. The van der Waals surface area contributed by atoms with Gasteiger partial charge in [0.05, 0.1) is 18.7 Å². The maximum atomic E-state index is 14.0. The number of carbonyl (C=O) groups excluding carboxylic acids is 1. The number of rotatable bonds is 4. The molecule has 8 nitrogen and oxygen atoms in total. The molecule has 2 aliphatic carbocycles. The second kappa shape index (κ2) is 7.94. The van der Waals surface area contributed by atoms with Crippen molar-refractivity contribution < 1.29 is 28.9 Å². The van der Waals surface area contributed by atoms with E-state index in [2.05, 4.69) is 18.2 Å². The molecule has 4 unspecified atom stereocenters. The van der Waals surface area contributed by atoms with Gasteiger partial charge >= 0.3 is 6.09 Å². The lowest BCUT2D eigenvalue weighted by molar-refractivity contribution is -0.139. The molecule has 1 N–H and O–H groups in total. The minimum absolute atomic E-state index is 0.0189. The molecule has 0 bridgehead atoms. The van der Waals surface area contributed by atoms with Gasteiger partial charge in [-0.2, -0.15) is 0 Å². The minimum atomic E-state index is -0.908.